The number of rotatable bonds is 39. The van der Waals surface area contributed by atoms with Crippen LogP contribution >= 0.6 is 11.8 Å². The number of ether oxygens (including phenoxy) is 1. The van der Waals surface area contributed by atoms with Gasteiger partial charge in [-0.25, -0.2) is 0 Å². The van der Waals surface area contributed by atoms with Crippen LogP contribution in [0.15, 0.2) is 0 Å². The third kappa shape index (κ3) is 33.9. The SMILES string of the molecule is CCCCCCCCCC(=O)OCCCCCCN(CCCCO)CCCCCCSC(=O)C(CCCCCC)CCCCCCCC. The van der Waals surface area contributed by atoms with Crippen LogP contribution in [0.4, 0.5) is 0 Å². The standard InChI is InChI=1S/C42H83NO4S/c1-4-7-10-13-15-17-24-33-41(45)47-38-29-20-18-25-34-43(36-27-28-37-44)35-26-19-21-30-39-48-42(46)40(31-22-12-9-6-3)32-23-16-14-11-8-5-2/h40,44H,4-39H2,1-3H3. The summed E-state index contributed by atoms with van der Waals surface area (Å²) in [6.45, 7) is 10.9. The number of thioether (sulfide) groups is 1. The van der Waals surface area contributed by atoms with Crippen LogP contribution in [0.1, 0.15) is 213 Å². The Kier molecular flexibility index (Phi) is 38.7. The van der Waals surface area contributed by atoms with E-state index in [-0.39, 0.29) is 18.5 Å². The molecule has 1 N–H and O–H groups in total. The van der Waals surface area contributed by atoms with Gasteiger partial charge in [0.25, 0.3) is 0 Å². The van der Waals surface area contributed by atoms with Gasteiger partial charge in [0, 0.05) is 24.7 Å². The Morgan fingerprint density at radius 3 is 1.54 bits per heavy atom. The maximum Gasteiger partial charge on any atom is 0.305 e. The number of carbonyl (C=O) groups is 2. The van der Waals surface area contributed by atoms with E-state index in [4.69, 9.17) is 4.74 Å². The normalized spacial score (nSPS) is 12.2. The average Bonchev–Trinajstić information content (AvgIpc) is 3.09. The predicted octanol–water partition coefficient (Wildman–Crippen LogP) is 12.5. The first-order chi connectivity index (χ1) is 23.6. The summed E-state index contributed by atoms with van der Waals surface area (Å²) < 4.78 is 5.46. The third-order valence-electron chi connectivity index (χ3n) is 9.76. The Morgan fingerprint density at radius 2 is 0.979 bits per heavy atom. The minimum absolute atomic E-state index is 0.0192. The molecule has 0 heterocycles. The van der Waals surface area contributed by atoms with Gasteiger partial charge >= 0.3 is 5.97 Å². The van der Waals surface area contributed by atoms with Gasteiger partial charge in [-0.2, -0.15) is 0 Å². The minimum atomic E-state index is -0.0192. The second kappa shape index (κ2) is 39.2. The Balaban J connectivity index is 4.09. The first-order valence-corrected chi connectivity index (χ1v) is 22.2. The summed E-state index contributed by atoms with van der Waals surface area (Å²) >= 11 is 1.63. The van der Waals surface area contributed by atoms with E-state index in [0.29, 0.717) is 18.1 Å². The zero-order valence-electron chi connectivity index (χ0n) is 32.6. The first-order valence-electron chi connectivity index (χ1n) is 21.2. The van der Waals surface area contributed by atoms with Gasteiger partial charge in [0.2, 0.25) is 0 Å². The van der Waals surface area contributed by atoms with Crippen molar-refractivity contribution in [2.75, 3.05) is 38.6 Å². The van der Waals surface area contributed by atoms with E-state index in [2.05, 4.69) is 25.7 Å². The quantitative estimate of drug-likeness (QED) is 0.0509. The Labute approximate surface area is 304 Å². The Bertz CT molecular complexity index is 676. The van der Waals surface area contributed by atoms with Crippen LogP contribution in [0, 0.1) is 5.92 Å². The highest BCUT2D eigenvalue weighted by Crippen LogP contribution is 2.25. The van der Waals surface area contributed by atoms with Crippen LogP contribution < -0.4 is 0 Å². The molecule has 48 heavy (non-hydrogen) atoms. The van der Waals surface area contributed by atoms with Gasteiger partial charge < -0.3 is 14.7 Å². The van der Waals surface area contributed by atoms with E-state index in [1.807, 2.05) is 0 Å². The minimum Gasteiger partial charge on any atom is -0.466 e. The van der Waals surface area contributed by atoms with Crippen LogP contribution in [-0.2, 0) is 14.3 Å². The second-order valence-electron chi connectivity index (χ2n) is 14.5. The molecule has 0 aliphatic carbocycles. The van der Waals surface area contributed by atoms with Gasteiger partial charge in [-0.15, -0.1) is 0 Å². The molecule has 0 fully saturated rings. The summed E-state index contributed by atoms with van der Waals surface area (Å²) in [6.07, 6.45) is 35.4. The van der Waals surface area contributed by atoms with Gasteiger partial charge in [0.05, 0.1) is 6.61 Å². The fourth-order valence-corrected chi connectivity index (χ4v) is 7.53. The lowest BCUT2D eigenvalue weighted by Gasteiger charge is -2.22. The number of hydrogen-bond acceptors (Lipinski definition) is 6. The van der Waals surface area contributed by atoms with Crippen LogP contribution in [0.3, 0.4) is 0 Å². The van der Waals surface area contributed by atoms with E-state index in [9.17, 15) is 14.7 Å². The van der Waals surface area contributed by atoms with Crippen molar-refractivity contribution in [2.45, 2.75) is 213 Å². The van der Waals surface area contributed by atoms with Gasteiger partial charge in [0.1, 0.15) is 0 Å². The fraction of sp³-hybridized carbons (Fsp3) is 0.952. The molecule has 1 unspecified atom stereocenters. The van der Waals surface area contributed by atoms with Crippen LogP contribution in [0.2, 0.25) is 0 Å². The monoisotopic (exact) mass is 698 g/mol. The summed E-state index contributed by atoms with van der Waals surface area (Å²) in [7, 11) is 0. The van der Waals surface area contributed by atoms with Gasteiger partial charge in [-0.1, -0.05) is 161 Å². The second-order valence-corrected chi connectivity index (χ2v) is 15.6. The summed E-state index contributed by atoms with van der Waals surface area (Å²) in [6, 6.07) is 0. The number of hydrogen-bond donors (Lipinski definition) is 1. The van der Waals surface area contributed by atoms with Crippen molar-refractivity contribution in [3.8, 4) is 0 Å². The molecule has 0 saturated heterocycles. The largest absolute Gasteiger partial charge is 0.466 e. The number of aliphatic hydroxyl groups excluding tert-OH is 1. The van der Waals surface area contributed by atoms with Gasteiger partial charge in [0.15, 0.2) is 5.12 Å². The number of aliphatic hydroxyl groups is 1. The zero-order valence-corrected chi connectivity index (χ0v) is 33.4. The van der Waals surface area contributed by atoms with E-state index in [0.717, 1.165) is 83.2 Å². The maximum absolute atomic E-state index is 13.1. The summed E-state index contributed by atoms with van der Waals surface area (Å²) in [4.78, 5) is 27.7. The topological polar surface area (TPSA) is 66.8 Å². The summed E-state index contributed by atoms with van der Waals surface area (Å²) in [5.74, 6) is 1.24. The molecule has 6 heteroatoms. The molecule has 0 bridgehead atoms. The van der Waals surface area contributed by atoms with Crippen molar-refractivity contribution in [2.24, 2.45) is 5.92 Å². The lowest BCUT2D eigenvalue weighted by atomic mass is 9.95. The molecular formula is C42H83NO4S. The Hall–Kier alpha value is -0.590. The number of esters is 1. The average molecular weight is 698 g/mol. The third-order valence-corrected chi connectivity index (χ3v) is 10.9. The lowest BCUT2D eigenvalue weighted by molar-refractivity contribution is -0.143. The highest BCUT2D eigenvalue weighted by molar-refractivity contribution is 8.13. The molecular weight excluding hydrogens is 615 g/mol. The molecule has 0 spiro atoms. The molecule has 0 saturated carbocycles. The lowest BCUT2D eigenvalue weighted by Crippen LogP contribution is -2.27. The van der Waals surface area contributed by atoms with E-state index in [1.54, 1.807) is 11.8 Å². The molecule has 5 nitrogen and oxygen atoms in total. The molecule has 0 amide bonds. The molecule has 0 aliphatic heterocycles. The predicted molar refractivity (Wildman–Crippen MR) is 211 cm³/mol. The van der Waals surface area contributed by atoms with Crippen molar-refractivity contribution in [1.82, 2.24) is 4.90 Å². The zero-order chi connectivity index (χ0) is 35.2. The van der Waals surface area contributed by atoms with Crippen molar-refractivity contribution >= 4 is 22.8 Å². The fourth-order valence-electron chi connectivity index (χ4n) is 6.51. The van der Waals surface area contributed by atoms with Gasteiger partial charge in [-0.3, -0.25) is 9.59 Å². The Morgan fingerprint density at radius 1 is 0.542 bits per heavy atom. The smallest absolute Gasteiger partial charge is 0.305 e. The molecule has 1 atom stereocenters. The van der Waals surface area contributed by atoms with E-state index >= 15 is 0 Å². The molecule has 0 aromatic carbocycles. The summed E-state index contributed by atoms with van der Waals surface area (Å²) in [5, 5.41) is 9.72. The maximum atomic E-state index is 13.1. The molecule has 0 aromatic rings. The summed E-state index contributed by atoms with van der Waals surface area (Å²) in [5.41, 5.74) is 0. The molecule has 0 rings (SSSR count). The first kappa shape index (κ1) is 47.4. The molecule has 286 valence electrons. The van der Waals surface area contributed by atoms with Crippen LogP contribution in [0.25, 0.3) is 0 Å². The molecule has 0 radical (unpaired) electrons. The van der Waals surface area contributed by atoms with Crippen molar-refractivity contribution in [1.29, 1.82) is 0 Å². The highest BCUT2D eigenvalue weighted by atomic mass is 32.2. The highest BCUT2D eigenvalue weighted by Gasteiger charge is 2.18. The van der Waals surface area contributed by atoms with Crippen molar-refractivity contribution in [3.63, 3.8) is 0 Å². The van der Waals surface area contributed by atoms with E-state index < -0.39 is 0 Å². The molecule has 0 aliphatic rings. The van der Waals surface area contributed by atoms with Gasteiger partial charge in [-0.05, 0) is 77.4 Å². The van der Waals surface area contributed by atoms with Crippen LogP contribution in [-0.4, -0.2) is 59.7 Å². The number of carbonyl (C=O) groups excluding carboxylic acids is 2. The molecule has 0 aromatic heterocycles. The van der Waals surface area contributed by atoms with E-state index in [1.165, 1.54) is 128 Å². The number of nitrogens with zero attached hydrogens (tertiary/aromatic N) is 1. The van der Waals surface area contributed by atoms with Crippen LogP contribution in [0.5, 0.6) is 0 Å². The van der Waals surface area contributed by atoms with Crippen molar-refractivity contribution in [3.05, 3.63) is 0 Å². The number of unbranched alkanes of at least 4 members (excludes halogenated alkanes) is 21. The van der Waals surface area contributed by atoms with Crippen molar-refractivity contribution < 1.29 is 19.4 Å².